The molecular formula is C7H11NO3. The first kappa shape index (κ1) is 9.76. The smallest absolute Gasteiger partial charge is 0.450 e. The monoisotopic (exact) mass is 157 g/mol. The molecule has 11 heavy (non-hydrogen) atoms. The standard InChI is InChI=1S/C6H9N.CH2O3/c1-6(2)3-5(6)4-7;2-1(3)4/h5H,3H2,1-2H3;(H2,2,3,4). The number of nitrogens with zero attached hydrogens (tertiary/aromatic N) is 1. The minimum atomic E-state index is -1.83. The molecule has 0 aromatic heterocycles. The van der Waals surface area contributed by atoms with Crippen LogP contribution in [0.3, 0.4) is 0 Å². The van der Waals surface area contributed by atoms with Gasteiger partial charge in [0.2, 0.25) is 0 Å². The second-order valence-corrected chi connectivity index (χ2v) is 3.16. The molecule has 4 nitrogen and oxygen atoms in total. The summed E-state index contributed by atoms with van der Waals surface area (Å²) in [4.78, 5) is 8.56. The summed E-state index contributed by atoms with van der Waals surface area (Å²) < 4.78 is 0. The van der Waals surface area contributed by atoms with Crippen LogP contribution in [0.5, 0.6) is 0 Å². The van der Waals surface area contributed by atoms with Crippen LogP contribution in [0, 0.1) is 22.7 Å². The molecule has 0 aromatic rings. The van der Waals surface area contributed by atoms with Crippen LogP contribution in [0.15, 0.2) is 0 Å². The molecule has 0 bridgehead atoms. The summed E-state index contributed by atoms with van der Waals surface area (Å²) in [5.74, 6) is 0.354. The van der Waals surface area contributed by atoms with E-state index in [2.05, 4.69) is 19.9 Å². The Morgan fingerprint density at radius 2 is 1.91 bits per heavy atom. The molecule has 4 heteroatoms. The number of rotatable bonds is 0. The lowest BCUT2D eigenvalue weighted by atomic mass is 10.1. The van der Waals surface area contributed by atoms with E-state index < -0.39 is 6.16 Å². The quantitative estimate of drug-likeness (QED) is 0.561. The Kier molecular flexibility index (Phi) is 2.87. The van der Waals surface area contributed by atoms with E-state index in [1.165, 1.54) is 0 Å². The van der Waals surface area contributed by atoms with Gasteiger partial charge >= 0.3 is 6.16 Å². The van der Waals surface area contributed by atoms with Gasteiger partial charge in [0.25, 0.3) is 0 Å². The molecule has 0 saturated heterocycles. The Labute approximate surface area is 65.1 Å². The molecular weight excluding hydrogens is 146 g/mol. The molecule has 0 spiro atoms. The van der Waals surface area contributed by atoms with Gasteiger partial charge in [0.1, 0.15) is 0 Å². The van der Waals surface area contributed by atoms with Crippen LogP contribution in [-0.4, -0.2) is 16.4 Å². The van der Waals surface area contributed by atoms with Gasteiger partial charge in [-0.05, 0) is 11.8 Å². The van der Waals surface area contributed by atoms with Crippen LogP contribution in [0.1, 0.15) is 20.3 Å². The molecule has 1 rings (SSSR count). The topological polar surface area (TPSA) is 81.3 Å². The fraction of sp³-hybridized carbons (Fsp3) is 0.714. The average Bonchev–Trinajstić information content (AvgIpc) is 2.38. The zero-order chi connectivity index (χ0) is 9.07. The summed E-state index contributed by atoms with van der Waals surface area (Å²) >= 11 is 0. The van der Waals surface area contributed by atoms with E-state index in [4.69, 9.17) is 20.3 Å². The van der Waals surface area contributed by atoms with Crippen molar-refractivity contribution in [2.75, 3.05) is 0 Å². The van der Waals surface area contributed by atoms with Gasteiger partial charge in [0, 0.05) is 0 Å². The predicted molar refractivity (Wildman–Crippen MR) is 38.2 cm³/mol. The highest BCUT2D eigenvalue weighted by molar-refractivity contribution is 5.53. The molecule has 0 aliphatic heterocycles. The van der Waals surface area contributed by atoms with Gasteiger partial charge in [-0.3, -0.25) is 0 Å². The molecule has 0 amide bonds. The summed E-state index contributed by atoms with van der Waals surface area (Å²) in [7, 11) is 0. The van der Waals surface area contributed by atoms with Gasteiger partial charge in [-0.25, -0.2) is 4.79 Å². The van der Waals surface area contributed by atoms with Crippen molar-refractivity contribution in [1.29, 1.82) is 5.26 Å². The Morgan fingerprint density at radius 1 is 1.64 bits per heavy atom. The Morgan fingerprint density at radius 3 is 1.91 bits per heavy atom. The summed E-state index contributed by atoms with van der Waals surface area (Å²) in [6.07, 6.45) is -0.733. The predicted octanol–water partition coefficient (Wildman–Crippen LogP) is 1.78. The molecule has 1 fully saturated rings. The van der Waals surface area contributed by atoms with Crippen molar-refractivity contribution < 1.29 is 15.0 Å². The van der Waals surface area contributed by atoms with Gasteiger partial charge in [-0.2, -0.15) is 5.26 Å². The Hall–Kier alpha value is -1.24. The summed E-state index contributed by atoms with van der Waals surface area (Å²) in [5, 5.41) is 22.2. The fourth-order valence-electron chi connectivity index (χ4n) is 0.688. The first-order valence-electron chi connectivity index (χ1n) is 3.21. The third kappa shape index (κ3) is 4.20. The van der Waals surface area contributed by atoms with E-state index in [0.29, 0.717) is 11.3 Å². The van der Waals surface area contributed by atoms with Crippen molar-refractivity contribution in [3.05, 3.63) is 0 Å². The van der Waals surface area contributed by atoms with Crippen LogP contribution < -0.4 is 0 Å². The van der Waals surface area contributed by atoms with Crippen molar-refractivity contribution in [2.45, 2.75) is 20.3 Å². The number of carbonyl (C=O) groups is 1. The minimum Gasteiger partial charge on any atom is -0.450 e. The SMILES string of the molecule is CC1(C)CC1C#N.O=C(O)O. The highest BCUT2D eigenvalue weighted by Gasteiger charge is 2.45. The lowest BCUT2D eigenvalue weighted by Gasteiger charge is -1.90. The van der Waals surface area contributed by atoms with Crippen LogP contribution in [0.25, 0.3) is 0 Å². The summed E-state index contributed by atoms with van der Waals surface area (Å²) in [5.41, 5.74) is 0.356. The minimum absolute atomic E-state index is 0.354. The van der Waals surface area contributed by atoms with Crippen molar-refractivity contribution in [3.63, 3.8) is 0 Å². The van der Waals surface area contributed by atoms with Crippen LogP contribution in [0.4, 0.5) is 4.79 Å². The largest absolute Gasteiger partial charge is 0.503 e. The highest BCUT2D eigenvalue weighted by Crippen LogP contribution is 2.50. The van der Waals surface area contributed by atoms with Gasteiger partial charge < -0.3 is 10.2 Å². The molecule has 1 aliphatic carbocycles. The number of carboxylic acid groups (broad SMARTS) is 2. The van der Waals surface area contributed by atoms with Crippen molar-refractivity contribution >= 4 is 6.16 Å². The summed E-state index contributed by atoms with van der Waals surface area (Å²) in [6.45, 7) is 4.25. The molecule has 0 aromatic carbocycles. The van der Waals surface area contributed by atoms with E-state index in [0.717, 1.165) is 6.42 Å². The molecule has 1 atom stereocenters. The molecule has 62 valence electrons. The maximum Gasteiger partial charge on any atom is 0.503 e. The zero-order valence-corrected chi connectivity index (χ0v) is 6.53. The molecule has 2 N–H and O–H groups in total. The first-order chi connectivity index (χ1) is 4.90. The van der Waals surface area contributed by atoms with Gasteiger partial charge in [-0.1, -0.05) is 13.8 Å². The lowest BCUT2D eigenvalue weighted by molar-refractivity contribution is 0.137. The van der Waals surface area contributed by atoms with E-state index in [-0.39, 0.29) is 0 Å². The average molecular weight is 157 g/mol. The number of nitriles is 1. The molecule has 1 saturated carbocycles. The third-order valence-corrected chi connectivity index (χ3v) is 1.67. The van der Waals surface area contributed by atoms with E-state index in [1.54, 1.807) is 0 Å². The summed E-state index contributed by atoms with van der Waals surface area (Å²) in [6, 6.07) is 2.23. The van der Waals surface area contributed by atoms with Crippen molar-refractivity contribution in [2.24, 2.45) is 11.3 Å². The molecule has 1 unspecified atom stereocenters. The zero-order valence-electron chi connectivity index (χ0n) is 6.53. The molecule has 0 radical (unpaired) electrons. The number of hydrogen-bond donors (Lipinski definition) is 2. The van der Waals surface area contributed by atoms with E-state index >= 15 is 0 Å². The highest BCUT2D eigenvalue weighted by atomic mass is 16.6. The van der Waals surface area contributed by atoms with Crippen LogP contribution in [0.2, 0.25) is 0 Å². The third-order valence-electron chi connectivity index (χ3n) is 1.67. The number of hydrogen-bond acceptors (Lipinski definition) is 2. The fourth-order valence-corrected chi connectivity index (χ4v) is 0.688. The normalized spacial score (nSPS) is 23.9. The second kappa shape index (κ2) is 3.24. The second-order valence-electron chi connectivity index (χ2n) is 3.16. The molecule has 1 aliphatic rings. The maximum atomic E-state index is 8.56. The lowest BCUT2D eigenvalue weighted by Crippen LogP contribution is -1.84. The molecule has 0 heterocycles. The van der Waals surface area contributed by atoms with E-state index in [9.17, 15) is 0 Å². The van der Waals surface area contributed by atoms with Crippen molar-refractivity contribution in [1.82, 2.24) is 0 Å². The van der Waals surface area contributed by atoms with Crippen LogP contribution in [-0.2, 0) is 0 Å². The Bertz CT molecular complexity index is 188. The van der Waals surface area contributed by atoms with E-state index in [1.807, 2.05) is 0 Å². The van der Waals surface area contributed by atoms with Crippen LogP contribution >= 0.6 is 0 Å². The maximum absolute atomic E-state index is 8.56. The first-order valence-corrected chi connectivity index (χ1v) is 3.21. The van der Waals surface area contributed by atoms with Gasteiger partial charge in [-0.15, -0.1) is 0 Å². The Balaban J connectivity index is 0.000000218. The van der Waals surface area contributed by atoms with Gasteiger partial charge in [0.05, 0.1) is 12.0 Å². The van der Waals surface area contributed by atoms with Gasteiger partial charge in [0.15, 0.2) is 0 Å². The van der Waals surface area contributed by atoms with Crippen molar-refractivity contribution in [3.8, 4) is 6.07 Å².